The minimum Gasteiger partial charge on any atom is -0.385 e. The topological polar surface area (TPSA) is 57.3 Å². The van der Waals surface area contributed by atoms with Crippen molar-refractivity contribution in [3.05, 3.63) is 24.0 Å². The van der Waals surface area contributed by atoms with Gasteiger partial charge in [-0.2, -0.15) is 0 Å². The molecule has 0 radical (unpaired) electrons. The number of hydrogen-bond acceptors (Lipinski definition) is 4. The van der Waals surface area contributed by atoms with Gasteiger partial charge in [0, 0.05) is 32.5 Å². The molecule has 0 aromatic carbocycles. The number of hydrogen-bond donors (Lipinski definition) is 2. The first-order valence-corrected chi connectivity index (χ1v) is 6.79. The van der Waals surface area contributed by atoms with E-state index in [2.05, 4.69) is 15.6 Å². The fraction of sp³-hybridized carbons (Fsp3) is 0.571. The van der Waals surface area contributed by atoms with Gasteiger partial charge < -0.3 is 15.5 Å². The molecule has 19 heavy (non-hydrogen) atoms. The van der Waals surface area contributed by atoms with E-state index in [1.165, 1.54) is 11.3 Å². The summed E-state index contributed by atoms with van der Waals surface area (Å²) in [7, 11) is 3.47. The summed E-state index contributed by atoms with van der Waals surface area (Å²) in [5.41, 5.74) is 1.45. The molecule has 2 N–H and O–H groups in total. The maximum Gasteiger partial charge on any atom is 0.272 e. The second-order valence-electron chi connectivity index (χ2n) is 5.20. The highest BCUT2D eigenvalue weighted by molar-refractivity contribution is 5.92. The second-order valence-corrected chi connectivity index (χ2v) is 5.20. The molecule has 1 unspecified atom stereocenters. The van der Waals surface area contributed by atoms with Gasteiger partial charge in [0.2, 0.25) is 0 Å². The lowest BCUT2D eigenvalue weighted by Crippen LogP contribution is -2.22. The van der Waals surface area contributed by atoms with Crippen LogP contribution in [0, 0.1) is 5.92 Å². The number of anilines is 1. The lowest BCUT2D eigenvalue weighted by Gasteiger charge is -2.12. The van der Waals surface area contributed by atoms with Crippen molar-refractivity contribution in [2.24, 2.45) is 5.92 Å². The van der Waals surface area contributed by atoms with E-state index in [4.69, 9.17) is 0 Å². The Morgan fingerprint density at radius 2 is 2.42 bits per heavy atom. The van der Waals surface area contributed by atoms with Gasteiger partial charge in [-0.3, -0.25) is 9.78 Å². The number of nitrogens with zero attached hydrogens (tertiary/aromatic N) is 2. The monoisotopic (exact) mass is 262 g/mol. The molecule has 0 saturated carbocycles. The van der Waals surface area contributed by atoms with E-state index in [0.29, 0.717) is 5.69 Å². The Labute approximate surface area is 114 Å². The van der Waals surface area contributed by atoms with Gasteiger partial charge in [0.05, 0.1) is 0 Å². The molecule has 1 atom stereocenters. The summed E-state index contributed by atoms with van der Waals surface area (Å²) in [4.78, 5) is 17.4. The predicted molar refractivity (Wildman–Crippen MR) is 76.3 cm³/mol. The average molecular weight is 262 g/mol. The lowest BCUT2D eigenvalue weighted by atomic mass is 10.1. The summed E-state index contributed by atoms with van der Waals surface area (Å²) in [5.74, 6) is 0.709. The third kappa shape index (κ3) is 3.92. The van der Waals surface area contributed by atoms with E-state index >= 15 is 0 Å². The highest BCUT2D eigenvalue weighted by Gasteiger charge is 2.14. The number of carbonyl (C=O) groups is 1. The first-order valence-electron chi connectivity index (χ1n) is 6.79. The van der Waals surface area contributed by atoms with Crippen molar-refractivity contribution in [2.75, 3.05) is 39.0 Å². The Hall–Kier alpha value is -1.62. The van der Waals surface area contributed by atoms with E-state index < -0.39 is 0 Å². The molecule has 0 spiro atoms. The quantitative estimate of drug-likeness (QED) is 0.837. The third-order valence-electron chi connectivity index (χ3n) is 3.43. The van der Waals surface area contributed by atoms with Gasteiger partial charge in [0.25, 0.3) is 5.91 Å². The van der Waals surface area contributed by atoms with Crippen molar-refractivity contribution in [3.63, 3.8) is 0 Å². The van der Waals surface area contributed by atoms with Gasteiger partial charge in [-0.15, -0.1) is 0 Å². The molecule has 5 nitrogen and oxygen atoms in total. The molecule has 1 aliphatic rings. The predicted octanol–water partition coefficient (Wildman–Crippen LogP) is 1.19. The average Bonchev–Trinajstić information content (AvgIpc) is 2.91. The Bertz CT molecular complexity index is 427. The molecule has 1 fully saturated rings. The molecular weight excluding hydrogens is 240 g/mol. The van der Waals surface area contributed by atoms with Gasteiger partial charge in [-0.25, -0.2) is 0 Å². The van der Waals surface area contributed by atoms with Crippen molar-refractivity contribution in [1.29, 1.82) is 0 Å². The van der Waals surface area contributed by atoms with Crippen molar-refractivity contribution in [3.8, 4) is 0 Å². The number of nitrogens with one attached hydrogen (secondary N) is 2. The van der Waals surface area contributed by atoms with Crippen molar-refractivity contribution < 1.29 is 4.79 Å². The van der Waals surface area contributed by atoms with Crippen LogP contribution in [0.1, 0.15) is 23.3 Å². The zero-order valence-electron chi connectivity index (χ0n) is 11.6. The largest absolute Gasteiger partial charge is 0.385 e. The molecule has 1 aliphatic heterocycles. The summed E-state index contributed by atoms with van der Waals surface area (Å²) >= 11 is 0. The Morgan fingerprint density at radius 3 is 3.11 bits per heavy atom. The summed E-state index contributed by atoms with van der Waals surface area (Å²) in [6.45, 7) is 3.20. The van der Waals surface area contributed by atoms with E-state index in [0.717, 1.165) is 37.7 Å². The van der Waals surface area contributed by atoms with Crippen LogP contribution in [-0.4, -0.2) is 49.5 Å². The fourth-order valence-corrected chi connectivity index (χ4v) is 2.27. The number of amides is 1. The molecule has 0 bridgehead atoms. The fourth-order valence-electron chi connectivity index (χ4n) is 2.27. The van der Waals surface area contributed by atoms with Gasteiger partial charge in [-0.1, -0.05) is 0 Å². The molecule has 5 heteroatoms. The first-order chi connectivity index (χ1) is 9.16. The maximum absolute atomic E-state index is 11.8. The Morgan fingerprint density at radius 1 is 1.58 bits per heavy atom. The summed E-state index contributed by atoms with van der Waals surface area (Å²) in [5, 5.41) is 6.74. The van der Waals surface area contributed by atoms with Crippen LogP contribution in [0.2, 0.25) is 0 Å². The zero-order chi connectivity index (χ0) is 13.7. The highest BCUT2D eigenvalue weighted by Crippen LogP contribution is 2.14. The van der Waals surface area contributed by atoms with Crippen LogP contribution in [0.3, 0.4) is 0 Å². The molecule has 1 saturated heterocycles. The summed E-state index contributed by atoms with van der Waals surface area (Å²) in [6.07, 6.45) is 4.10. The Kier molecular flexibility index (Phi) is 4.74. The standard InChI is InChI=1S/C14H22N4O/c1-18(2)14(19)13-9-12(5-8-17-13)16-7-4-11-3-6-15-10-11/h5,8-9,11,15H,3-4,6-7,10H2,1-2H3,(H,16,17). The Balaban J connectivity index is 1.86. The molecule has 2 heterocycles. The van der Waals surface area contributed by atoms with Crippen molar-refractivity contribution in [2.45, 2.75) is 12.8 Å². The highest BCUT2D eigenvalue weighted by atomic mass is 16.2. The minimum atomic E-state index is -0.0661. The molecule has 104 valence electrons. The van der Waals surface area contributed by atoms with Crippen molar-refractivity contribution >= 4 is 11.6 Å². The molecule has 2 rings (SSSR count). The number of aromatic nitrogens is 1. The van der Waals surface area contributed by atoms with Crippen LogP contribution in [0.5, 0.6) is 0 Å². The van der Waals surface area contributed by atoms with Crippen LogP contribution in [0.4, 0.5) is 5.69 Å². The SMILES string of the molecule is CN(C)C(=O)c1cc(NCCC2CCNC2)ccn1. The van der Waals surface area contributed by atoms with E-state index in [9.17, 15) is 4.79 Å². The molecule has 1 amide bonds. The molecule has 1 aromatic heterocycles. The maximum atomic E-state index is 11.8. The molecular formula is C14H22N4O. The second kappa shape index (κ2) is 6.52. The minimum absolute atomic E-state index is 0.0661. The number of rotatable bonds is 5. The zero-order valence-corrected chi connectivity index (χ0v) is 11.6. The van der Waals surface area contributed by atoms with Gasteiger partial charge >= 0.3 is 0 Å². The van der Waals surface area contributed by atoms with Crippen LogP contribution in [-0.2, 0) is 0 Å². The van der Waals surface area contributed by atoms with Crippen LogP contribution in [0.25, 0.3) is 0 Å². The lowest BCUT2D eigenvalue weighted by molar-refractivity contribution is 0.0822. The van der Waals surface area contributed by atoms with Crippen LogP contribution >= 0.6 is 0 Å². The van der Waals surface area contributed by atoms with Crippen molar-refractivity contribution in [1.82, 2.24) is 15.2 Å². The van der Waals surface area contributed by atoms with E-state index in [-0.39, 0.29) is 5.91 Å². The number of pyridine rings is 1. The van der Waals surface area contributed by atoms with Gasteiger partial charge in [-0.05, 0) is 44.0 Å². The van der Waals surface area contributed by atoms with Crippen LogP contribution in [0.15, 0.2) is 18.3 Å². The smallest absolute Gasteiger partial charge is 0.272 e. The molecule has 1 aromatic rings. The van der Waals surface area contributed by atoms with Gasteiger partial charge in [0.1, 0.15) is 5.69 Å². The third-order valence-corrected chi connectivity index (χ3v) is 3.43. The molecule has 0 aliphatic carbocycles. The van der Waals surface area contributed by atoms with Crippen LogP contribution < -0.4 is 10.6 Å². The van der Waals surface area contributed by atoms with E-state index in [1.807, 2.05) is 12.1 Å². The van der Waals surface area contributed by atoms with E-state index in [1.54, 1.807) is 20.3 Å². The number of carbonyl (C=O) groups excluding carboxylic acids is 1. The normalized spacial score (nSPS) is 18.3. The summed E-state index contributed by atoms with van der Waals surface area (Å²) in [6, 6.07) is 3.72. The summed E-state index contributed by atoms with van der Waals surface area (Å²) < 4.78 is 0. The first kappa shape index (κ1) is 13.8. The van der Waals surface area contributed by atoms with Gasteiger partial charge in [0.15, 0.2) is 0 Å².